The molecule has 0 spiro atoms. The molecule has 0 aromatic carbocycles. The van der Waals surface area contributed by atoms with Gasteiger partial charge in [0.1, 0.15) is 11.6 Å². The Morgan fingerprint density at radius 3 is 2.56 bits per heavy atom. The Kier molecular flexibility index (Phi) is 2.50. The van der Waals surface area contributed by atoms with E-state index in [1.807, 2.05) is 23.7 Å². The molecule has 0 saturated heterocycles. The summed E-state index contributed by atoms with van der Waals surface area (Å²) in [4.78, 5) is 8.59. The van der Waals surface area contributed by atoms with Gasteiger partial charge in [-0.1, -0.05) is 20.8 Å². The first-order chi connectivity index (χ1) is 7.48. The van der Waals surface area contributed by atoms with E-state index < -0.39 is 0 Å². The van der Waals surface area contributed by atoms with Crippen LogP contribution in [0, 0.1) is 6.92 Å². The van der Waals surface area contributed by atoms with Crippen LogP contribution in [0.2, 0.25) is 0 Å². The van der Waals surface area contributed by atoms with Crippen molar-refractivity contribution in [3.05, 3.63) is 36.2 Å². The Morgan fingerprint density at radius 2 is 2.00 bits per heavy atom. The second kappa shape index (κ2) is 3.70. The summed E-state index contributed by atoms with van der Waals surface area (Å²) in [6.45, 7) is 8.29. The molecule has 2 aromatic heterocycles. The number of aryl methyl sites for hydroxylation is 1. The van der Waals surface area contributed by atoms with Gasteiger partial charge in [-0.05, 0) is 19.1 Å². The molecule has 0 amide bonds. The lowest BCUT2D eigenvalue weighted by Crippen LogP contribution is -2.18. The van der Waals surface area contributed by atoms with E-state index in [0.29, 0.717) is 0 Å². The van der Waals surface area contributed by atoms with Gasteiger partial charge in [-0.25, -0.2) is 9.67 Å². The van der Waals surface area contributed by atoms with E-state index in [-0.39, 0.29) is 5.41 Å². The van der Waals surface area contributed by atoms with Gasteiger partial charge >= 0.3 is 0 Å². The second-order valence-corrected chi connectivity index (χ2v) is 4.86. The van der Waals surface area contributed by atoms with Crippen LogP contribution in [-0.4, -0.2) is 19.7 Å². The highest BCUT2D eigenvalue weighted by Gasteiger charge is 2.22. The Hall–Kier alpha value is -1.71. The highest BCUT2D eigenvalue weighted by molar-refractivity contribution is 5.29. The SMILES string of the molecule is Cc1nc(C(C)(C)C)n(-c2cccnc2)n1. The standard InChI is InChI=1S/C12H16N4/c1-9-14-11(12(2,3)4)16(15-9)10-6-5-7-13-8-10/h5-8H,1-4H3. The van der Waals surface area contributed by atoms with E-state index in [9.17, 15) is 0 Å². The van der Waals surface area contributed by atoms with Gasteiger partial charge in [-0.3, -0.25) is 4.98 Å². The quantitative estimate of drug-likeness (QED) is 0.734. The molecule has 4 heteroatoms. The smallest absolute Gasteiger partial charge is 0.148 e. The maximum atomic E-state index is 4.48. The highest BCUT2D eigenvalue weighted by Crippen LogP contribution is 2.22. The van der Waals surface area contributed by atoms with Gasteiger partial charge in [0.25, 0.3) is 0 Å². The molecule has 0 unspecified atom stereocenters. The molecule has 2 rings (SSSR count). The van der Waals surface area contributed by atoms with Crippen LogP contribution in [-0.2, 0) is 5.41 Å². The van der Waals surface area contributed by atoms with Crippen molar-refractivity contribution in [3.63, 3.8) is 0 Å². The molecule has 0 aliphatic carbocycles. The van der Waals surface area contributed by atoms with Gasteiger partial charge in [0.15, 0.2) is 0 Å². The van der Waals surface area contributed by atoms with Gasteiger partial charge in [0.2, 0.25) is 0 Å². The first-order valence-electron chi connectivity index (χ1n) is 5.33. The van der Waals surface area contributed by atoms with Crippen molar-refractivity contribution in [1.29, 1.82) is 0 Å². The minimum atomic E-state index is -0.0307. The predicted octanol–water partition coefficient (Wildman–Crippen LogP) is 2.27. The zero-order valence-electron chi connectivity index (χ0n) is 10.1. The van der Waals surface area contributed by atoms with E-state index in [1.165, 1.54) is 0 Å². The summed E-state index contributed by atoms with van der Waals surface area (Å²) in [7, 11) is 0. The molecule has 0 fully saturated rings. The van der Waals surface area contributed by atoms with Gasteiger partial charge in [-0.15, -0.1) is 0 Å². The number of rotatable bonds is 1. The summed E-state index contributed by atoms with van der Waals surface area (Å²) in [6, 6.07) is 3.88. The van der Waals surface area contributed by atoms with Crippen molar-refractivity contribution in [2.45, 2.75) is 33.1 Å². The maximum absolute atomic E-state index is 4.48. The first-order valence-corrected chi connectivity index (χ1v) is 5.33. The molecule has 0 bridgehead atoms. The maximum Gasteiger partial charge on any atom is 0.148 e. The van der Waals surface area contributed by atoms with E-state index in [4.69, 9.17) is 0 Å². The van der Waals surface area contributed by atoms with Crippen LogP contribution < -0.4 is 0 Å². The predicted molar refractivity (Wildman–Crippen MR) is 62.6 cm³/mol. The van der Waals surface area contributed by atoms with Gasteiger partial charge in [-0.2, -0.15) is 5.10 Å². The van der Waals surface area contributed by atoms with Crippen LogP contribution in [0.1, 0.15) is 32.4 Å². The summed E-state index contributed by atoms with van der Waals surface area (Å²) >= 11 is 0. The Morgan fingerprint density at radius 1 is 1.25 bits per heavy atom. The average Bonchev–Trinajstić information content (AvgIpc) is 2.61. The molecule has 0 radical (unpaired) electrons. The summed E-state index contributed by atoms with van der Waals surface area (Å²) in [5, 5.41) is 4.41. The molecule has 0 atom stereocenters. The monoisotopic (exact) mass is 216 g/mol. The third-order valence-corrected chi connectivity index (χ3v) is 2.27. The fraction of sp³-hybridized carbons (Fsp3) is 0.417. The van der Waals surface area contributed by atoms with Crippen LogP contribution in [0.25, 0.3) is 5.69 Å². The molecule has 0 aliphatic rings. The van der Waals surface area contributed by atoms with Gasteiger partial charge < -0.3 is 0 Å². The highest BCUT2D eigenvalue weighted by atomic mass is 15.4. The van der Waals surface area contributed by atoms with Crippen molar-refractivity contribution in [3.8, 4) is 5.69 Å². The Balaban J connectivity index is 2.58. The number of nitrogens with zero attached hydrogens (tertiary/aromatic N) is 4. The first kappa shape index (κ1) is 10.8. The molecule has 0 N–H and O–H groups in total. The lowest BCUT2D eigenvalue weighted by atomic mass is 9.95. The van der Waals surface area contributed by atoms with Crippen molar-refractivity contribution >= 4 is 0 Å². The van der Waals surface area contributed by atoms with Crippen LogP contribution in [0.5, 0.6) is 0 Å². The largest absolute Gasteiger partial charge is 0.262 e. The number of aromatic nitrogens is 4. The molecule has 16 heavy (non-hydrogen) atoms. The van der Waals surface area contributed by atoms with Crippen molar-refractivity contribution < 1.29 is 0 Å². The summed E-state index contributed by atoms with van der Waals surface area (Å²) in [5.41, 5.74) is 0.921. The number of hydrogen-bond acceptors (Lipinski definition) is 3. The third kappa shape index (κ3) is 1.96. The third-order valence-electron chi connectivity index (χ3n) is 2.27. The number of hydrogen-bond donors (Lipinski definition) is 0. The van der Waals surface area contributed by atoms with E-state index in [1.54, 1.807) is 12.4 Å². The van der Waals surface area contributed by atoms with E-state index >= 15 is 0 Å². The molecule has 0 saturated carbocycles. The molecule has 84 valence electrons. The second-order valence-electron chi connectivity index (χ2n) is 4.86. The molecule has 4 nitrogen and oxygen atoms in total. The zero-order chi connectivity index (χ0) is 11.8. The summed E-state index contributed by atoms with van der Waals surface area (Å²) < 4.78 is 1.86. The molecular formula is C12H16N4. The normalized spacial score (nSPS) is 11.8. The minimum absolute atomic E-state index is 0.0307. The zero-order valence-corrected chi connectivity index (χ0v) is 10.1. The van der Waals surface area contributed by atoms with Crippen LogP contribution in [0.4, 0.5) is 0 Å². The van der Waals surface area contributed by atoms with Crippen LogP contribution >= 0.6 is 0 Å². The molecule has 0 aliphatic heterocycles. The van der Waals surface area contributed by atoms with Crippen molar-refractivity contribution in [1.82, 2.24) is 19.7 Å². The molecule has 2 aromatic rings. The molecular weight excluding hydrogens is 200 g/mol. The van der Waals surface area contributed by atoms with Gasteiger partial charge in [0, 0.05) is 11.6 Å². The Labute approximate surface area is 95.4 Å². The fourth-order valence-corrected chi connectivity index (χ4v) is 1.56. The van der Waals surface area contributed by atoms with E-state index in [2.05, 4.69) is 35.8 Å². The average molecular weight is 216 g/mol. The van der Waals surface area contributed by atoms with Gasteiger partial charge in [0.05, 0.1) is 11.9 Å². The fourth-order valence-electron chi connectivity index (χ4n) is 1.56. The molecule has 2 heterocycles. The van der Waals surface area contributed by atoms with E-state index in [0.717, 1.165) is 17.3 Å². The summed E-state index contributed by atoms with van der Waals surface area (Å²) in [5.74, 6) is 1.74. The summed E-state index contributed by atoms with van der Waals surface area (Å²) in [6.07, 6.45) is 3.55. The Bertz CT molecular complexity index is 479. The van der Waals surface area contributed by atoms with Crippen molar-refractivity contribution in [2.75, 3.05) is 0 Å². The van der Waals surface area contributed by atoms with Crippen LogP contribution in [0.3, 0.4) is 0 Å². The van der Waals surface area contributed by atoms with Crippen molar-refractivity contribution in [2.24, 2.45) is 0 Å². The lowest BCUT2D eigenvalue weighted by molar-refractivity contribution is 0.526. The lowest BCUT2D eigenvalue weighted by Gasteiger charge is -2.17. The minimum Gasteiger partial charge on any atom is -0.262 e. The number of pyridine rings is 1. The van der Waals surface area contributed by atoms with Crippen LogP contribution in [0.15, 0.2) is 24.5 Å². The topological polar surface area (TPSA) is 43.6 Å².